The summed E-state index contributed by atoms with van der Waals surface area (Å²) < 4.78 is 103. The first-order valence-electron chi connectivity index (χ1n) is 31.9. The molecule has 0 unspecified atom stereocenters. The van der Waals surface area contributed by atoms with Gasteiger partial charge in [0.1, 0.15) is 17.3 Å². The maximum atomic E-state index is 9.18. The van der Waals surface area contributed by atoms with Crippen molar-refractivity contribution in [3.63, 3.8) is 0 Å². The summed E-state index contributed by atoms with van der Waals surface area (Å²) in [6, 6.07) is 69.7. The Balaban J connectivity index is 0.00000787. The van der Waals surface area contributed by atoms with Crippen LogP contribution in [-0.2, 0) is 26.5 Å². The summed E-state index contributed by atoms with van der Waals surface area (Å²) in [6.45, 7) is 8.12. The molecule has 0 bridgehead atoms. The first kappa shape index (κ1) is 42.2. The summed E-state index contributed by atoms with van der Waals surface area (Å²) in [7, 11) is 0. The van der Waals surface area contributed by atoms with Gasteiger partial charge in [0.15, 0.2) is 0 Å². The molecule has 1 aliphatic heterocycles. The smallest absolute Gasteiger partial charge is 0.143 e. The van der Waals surface area contributed by atoms with Crippen LogP contribution in [0.5, 0.6) is 23.0 Å². The Labute approximate surface area is 513 Å². The summed E-state index contributed by atoms with van der Waals surface area (Å²) in [5, 5.41) is 1.79. The topological polar surface area (TPSA) is 42.8 Å². The predicted octanol–water partition coefficient (Wildman–Crippen LogP) is 20.4. The molecule has 0 aliphatic carbocycles. The summed E-state index contributed by atoms with van der Waals surface area (Å²) in [5.41, 5.74) is 11.2. The molecule has 83 heavy (non-hydrogen) atoms. The first-order valence-corrected chi connectivity index (χ1v) is 26.9. The number of aromatic nitrogens is 2. The molecule has 0 atom stereocenters. The standard InChI is InChI=1S/C76H55N4O2.Pt/c1-76(2,3)58-46-56(52-23-8-4-9-24-52)45-57(47-58)66-37-22-36-65(55-29-14-7-15-30-55)75(66)82-62-43-44-77-73(50-62)80-69-38-17-16-33-67(69)68-42-41-61(49-72(68)80)81-60-32-20-31-59(48-60)78-51-79(71-40-19-18-39-70(71)78)74-63(53-25-10-5-11-26-53)34-21-35-64(74)54-27-12-6-13-28-54;/h4-47,50-51H,1-3H3;/q-3;/i4D,7D,8D,9D,14D,15D,23D,24D,29D,30D;. The maximum Gasteiger partial charge on any atom is 0.143 e. The molecule has 7 heteroatoms. The molecule has 0 saturated carbocycles. The van der Waals surface area contributed by atoms with Gasteiger partial charge in [-0.1, -0.05) is 226 Å². The Bertz CT molecular complexity index is 5000. The van der Waals surface area contributed by atoms with E-state index in [2.05, 4.69) is 114 Å². The molecule has 0 N–H and O–H groups in total. The molecule has 0 amide bonds. The monoisotopic (exact) mass is 1260 g/mol. The summed E-state index contributed by atoms with van der Waals surface area (Å²) in [6.07, 6.45) is 1.60. The Kier molecular flexibility index (Phi) is 11.3. The van der Waals surface area contributed by atoms with Crippen molar-refractivity contribution in [1.29, 1.82) is 0 Å². The number of hydrogen-bond acceptors (Lipinski definition) is 5. The molecular formula is C76H55N4O2Pt-3. The number of ether oxygens (including phenoxy) is 2. The summed E-state index contributed by atoms with van der Waals surface area (Å²) in [5.74, 6) is 1.71. The van der Waals surface area contributed by atoms with Crippen molar-refractivity contribution in [2.75, 3.05) is 9.80 Å². The molecule has 13 aromatic rings. The third-order valence-electron chi connectivity index (χ3n) is 14.7. The normalized spacial score (nSPS) is 13.8. The Hall–Kier alpha value is -9.74. The molecule has 0 spiro atoms. The Morgan fingerprint density at radius 2 is 1.06 bits per heavy atom. The number of rotatable bonds is 12. The van der Waals surface area contributed by atoms with Gasteiger partial charge >= 0.3 is 0 Å². The zero-order valence-electron chi connectivity index (χ0n) is 55.2. The zero-order valence-corrected chi connectivity index (χ0v) is 47.5. The van der Waals surface area contributed by atoms with E-state index in [9.17, 15) is 2.74 Å². The van der Waals surface area contributed by atoms with Gasteiger partial charge in [-0.25, -0.2) is 4.98 Å². The predicted molar refractivity (Wildman–Crippen MR) is 337 cm³/mol. The van der Waals surface area contributed by atoms with Gasteiger partial charge in [0.25, 0.3) is 0 Å². The first-order chi connectivity index (χ1) is 44.4. The molecule has 0 fully saturated rings. The molecule has 3 heterocycles. The van der Waals surface area contributed by atoms with Crippen molar-refractivity contribution >= 4 is 44.6 Å². The number of fused-ring (bicyclic) bond motifs is 4. The van der Waals surface area contributed by atoms with E-state index in [1.165, 1.54) is 0 Å². The summed E-state index contributed by atoms with van der Waals surface area (Å²) in [4.78, 5) is 9.30. The Morgan fingerprint density at radius 3 is 1.76 bits per heavy atom. The van der Waals surface area contributed by atoms with Gasteiger partial charge in [-0.15, -0.1) is 48.1 Å². The van der Waals surface area contributed by atoms with Crippen LogP contribution in [0.15, 0.2) is 273 Å². The van der Waals surface area contributed by atoms with E-state index >= 15 is 0 Å². The van der Waals surface area contributed by atoms with E-state index in [0.29, 0.717) is 39.5 Å². The van der Waals surface area contributed by atoms with E-state index in [0.717, 1.165) is 66.9 Å². The average molecular weight is 1260 g/mol. The van der Waals surface area contributed by atoms with Crippen LogP contribution in [0.2, 0.25) is 0 Å². The minimum Gasteiger partial charge on any atom is -0.509 e. The van der Waals surface area contributed by atoms with E-state index in [4.69, 9.17) is 25.4 Å². The Morgan fingerprint density at radius 1 is 0.470 bits per heavy atom. The third kappa shape index (κ3) is 10.2. The molecule has 0 radical (unpaired) electrons. The SMILES string of the molecule is [2H]c1c([2H])c([2H])c(-c2cc(-c3cccc(-c4c([2H])c([2H])c([2H])c([2H])c4[2H])c3Oc3ccnc(-n4c5[c-]c(Oc6[c-]c(N7[CH-]N(c8c(-c9ccccc9)cccc8-c8ccccc8)c8ccccc87)ccc6)ccc5c5ccccc54)c3)cc(C(C)(C)C)c2)c([2H])c1[2H].[Pt]. The van der Waals surface area contributed by atoms with Crippen molar-refractivity contribution in [2.24, 2.45) is 0 Å². The van der Waals surface area contributed by atoms with Crippen LogP contribution in [0.3, 0.4) is 0 Å². The molecule has 2 aromatic heterocycles. The second-order valence-electron chi connectivity index (χ2n) is 20.9. The second-order valence-corrected chi connectivity index (χ2v) is 20.9. The van der Waals surface area contributed by atoms with Crippen LogP contribution in [-0.4, -0.2) is 9.55 Å². The molecule has 404 valence electrons. The van der Waals surface area contributed by atoms with Gasteiger partial charge in [0.2, 0.25) is 0 Å². The van der Waals surface area contributed by atoms with Gasteiger partial charge in [-0.3, -0.25) is 0 Å². The number of anilines is 4. The molecule has 11 aromatic carbocycles. The van der Waals surface area contributed by atoms with E-state index in [1.807, 2.05) is 110 Å². The van der Waals surface area contributed by atoms with Crippen LogP contribution in [0, 0.1) is 18.8 Å². The van der Waals surface area contributed by atoms with Gasteiger partial charge in [-0.05, 0) is 80.1 Å². The van der Waals surface area contributed by atoms with Gasteiger partial charge in [0.05, 0.1) is 13.7 Å². The van der Waals surface area contributed by atoms with Crippen LogP contribution >= 0.6 is 0 Å². The minimum absolute atomic E-state index is 0. The fourth-order valence-electron chi connectivity index (χ4n) is 10.8. The third-order valence-corrected chi connectivity index (χ3v) is 14.7. The number of pyridine rings is 1. The zero-order chi connectivity index (χ0) is 63.9. The number of hydrogen-bond donors (Lipinski definition) is 0. The quantitative estimate of drug-likeness (QED) is 0.114. The number of para-hydroxylation sites is 5. The molecule has 6 nitrogen and oxygen atoms in total. The van der Waals surface area contributed by atoms with Crippen LogP contribution in [0.4, 0.5) is 22.7 Å². The minimum atomic E-state index is -0.552. The summed E-state index contributed by atoms with van der Waals surface area (Å²) >= 11 is 0. The fourth-order valence-corrected chi connectivity index (χ4v) is 10.8. The van der Waals surface area contributed by atoms with Crippen molar-refractivity contribution in [1.82, 2.24) is 9.55 Å². The van der Waals surface area contributed by atoms with Gasteiger partial charge in [-0.2, -0.15) is 12.1 Å². The number of benzene rings is 11. The molecule has 0 saturated heterocycles. The van der Waals surface area contributed by atoms with Gasteiger partial charge < -0.3 is 23.8 Å². The van der Waals surface area contributed by atoms with Crippen molar-refractivity contribution in [3.8, 4) is 84.5 Å². The van der Waals surface area contributed by atoms with Crippen LogP contribution in [0.1, 0.15) is 40.0 Å². The van der Waals surface area contributed by atoms with Crippen LogP contribution in [0.25, 0.3) is 83.3 Å². The van der Waals surface area contributed by atoms with Crippen molar-refractivity contribution in [2.45, 2.75) is 26.2 Å². The van der Waals surface area contributed by atoms with Crippen molar-refractivity contribution < 1.29 is 44.2 Å². The average Bonchev–Trinajstić information content (AvgIpc) is 1.79. The van der Waals surface area contributed by atoms with Crippen molar-refractivity contribution in [3.05, 3.63) is 297 Å². The van der Waals surface area contributed by atoms with E-state index in [-0.39, 0.29) is 61.3 Å². The molecular weight excluding hydrogens is 1200 g/mol. The van der Waals surface area contributed by atoms with E-state index < -0.39 is 53.8 Å². The van der Waals surface area contributed by atoms with E-state index in [1.54, 1.807) is 42.6 Å². The largest absolute Gasteiger partial charge is 0.509 e. The molecule has 14 rings (SSSR count). The maximum absolute atomic E-state index is 9.18. The number of nitrogens with zero attached hydrogens (tertiary/aromatic N) is 4. The second kappa shape index (κ2) is 22.3. The molecule has 1 aliphatic rings. The fraction of sp³-hybridized carbons (Fsp3) is 0.0526. The van der Waals surface area contributed by atoms with Gasteiger partial charge in [0, 0.05) is 89.7 Å². The van der Waals surface area contributed by atoms with Crippen LogP contribution < -0.4 is 19.3 Å².